The molecule has 74 valence electrons. The summed E-state index contributed by atoms with van der Waals surface area (Å²) in [6.07, 6.45) is 1.64. The maximum absolute atomic E-state index is 8.44. The second-order valence-corrected chi connectivity index (χ2v) is 3.35. The molecule has 0 saturated carbocycles. The van der Waals surface area contributed by atoms with Gasteiger partial charge < -0.3 is 4.74 Å². The third kappa shape index (κ3) is 2.00. The monoisotopic (exact) mass is 218 g/mol. The van der Waals surface area contributed by atoms with Crippen LogP contribution < -0.4 is 4.74 Å². The van der Waals surface area contributed by atoms with Crippen LogP contribution in [0.3, 0.4) is 0 Å². The molecule has 1 aromatic heterocycles. The van der Waals surface area contributed by atoms with Crippen LogP contribution in [0.15, 0.2) is 30.5 Å². The Balaban J connectivity index is 2.54. The topological polar surface area (TPSA) is 45.9 Å². The number of halogens is 1. The van der Waals surface area contributed by atoms with Crippen molar-refractivity contribution in [3.05, 3.63) is 35.5 Å². The van der Waals surface area contributed by atoms with E-state index >= 15 is 0 Å². The molecule has 0 atom stereocenters. The second kappa shape index (κ2) is 4.16. The van der Waals surface area contributed by atoms with E-state index in [1.165, 1.54) is 0 Å². The average Bonchev–Trinajstić information content (AvgIpc) is 2.26. The highest BCUT2D eigenvalue weighted by Gasteiger charge is 2.03. The summed E-state index contributed by atoms with van der Waals surface area (Å²) in [5, 5.41) is 9.88. The zero-order valence-electron chi connectivity index (χ0n) is 7.77. The Hall–Kier alpha value is -1.79. The zero-order valence-corrected chi connectivity index (χ0v) is 8.53. The fraction of sp³-hybridized carbons (Fsp3) is 0.0909. The minimum atomic E-state index is 0.0195. The van der Waals surface area contributed by atoms with E-state index in [1.807, 2.05) is 12.1 Å². The van der Waals surface area contributed by atoms with Gasteiger partial charge in [0.25, 0.3) is 0 Å². The van der Waals surface area contributed by atoms with Gasteiger partial charge in [-0.25, -0.2) is 0 Å². The van der Waals surface area contributed by atoms with Crippen LogP contribution in [0.5, 0.6) is 5.75 Å². The SMILES string of the molecule is N#CCOc1ccnc2ccc(Cl)cc12. The van der Waals surface area contributed by atoms with Crippen molar-refractivity contribution in [1.29, 1.82) is 5.26 Å². The van der Waals surface area contributed by atoms with E-state index in [1.54, 1.807) is 24.4 Å². The molecule has 4 heteroatoms. The van der Waals surface area contributed by atoms with E-state index in [0.717, 1.165) is 10.9 Å². The summed E-state index contributed by atoms with van der Waals surface area (Å²) >= 11 is 5.88. The fourth-order valence-corrected chi connectivity index (χ4v) is 1.50. The normalized spacial score (nSPS) is 9.87. The number of rotatable bonds is 2. The van der Waals surface area contributed by atoms with Gasteiger partial charge in [0, 0.05) is 16.6 Å². The molecule has 3 nitrogen and oxygen atoms in total. The van der Waals surface area contributed by atoms with Gasteiger partial charge in [-0.3, -0.25) is 4.98 Å². The number of aromatic nitrogens is 1. The third-order valence-electron chi connectivity index (χ3n) is 1.96. The lowest BCUT2D eigenvalue weighted by Crippen LogP contribution is -1.94. The van der Waals surface area contributed by atoms with Gasteiger partial charge in [0.15, 0.2) is 6.61 Å². The van der Waals surface area contributed by atoms with Crippen molar-refractivity contribution in [2.24, 2.45) is 0 Å². The number of fused-ring (bicyclic) bond motifs is 1. The van der Waals surface area contributed by atoms with E-state index in [4.69, 9.17) is 21.6 Å². The first kappa shape index (κ1) is 9.75. The first-order valence-corrected chi connectivity index (χ1v) is 4.73. The Bertz CT molecular complexity index is 534. The molecule has 0 aliphatic carbocycles. The summed E-state index contributed by atoms with van der Waals surface area (Å²) in [5.74, 6) is 0.629. The first-order chi connectivity index (χ1) is 7.31. The second-order valence-electron chi connectivity index (χ2n) is 2.92. The summed E-state index contributed by atoms with van der Waals surface area (Å²) in [6, 6.07) is 9.00. The van der Waals surface area contributed by atoms with Gasteiger partial charge in [-0.05, 0) is 24.3 Å². The number of pyridine rings is 1. The highest BCUT2D eigenvalue weighted by atomic mass is 35.5. The Morgan fingerprint density at radius 1 is 1.40 bits per heavy atom. The summed E-state index contributed by atoms with van der Waals surface area (Å²) in [4.78, 5) is 4.17. The van der Waals surface area contributed by atoms with Crippen LogP contribution in [-0.2, 0) is 0 Å². The lowest BCUT2D eigenvalue weighted by molar-refractivity contribution is 0.372. The molecular formula is C11H7ClN2O. The number of hydrogen-bond donors (Lipinski definition) is 0. The number of benzene rings is 1. The number of nitriles is 1. The maximum atomic E-state index is 8.44. The Morgan fingerprint density at radius 2 is 2.27 bits per heavy atom. The van der Waals surface area contributed by atoms with Gasteiger partial charge in [0.2, 0.25) is 0 Å². The maximum Gasteiger partial charge on any atom is 0.174 e. The van der Waals surface area contributed by atoms with Crippen LogP contribution in [0, 0.1) is 11.3 Å². The van der Waals surface area contributed by atoms with Crippen molar-refractivity contribution in [2.75, 3.05) is 6.61 Å². The van der Waals surface area contributed by atoms with Crippen LogP contribution in [-0.4, -0.2) is 11.6 Å². The number of hydrogen-bond acceptors (Lipinski definition) is 3. The molecule has 0 fully saturated rings. The zero-order chi connectivity index (χ0) is 10.7. The molecule has 0 aliphatic rings. The Morgan fingerprint density at radius 3 is 3.07 bits per heavy atom. The van der Waals surface area contributed by atoms with Gasteiger partial charge in [-0.2, -0.15) is 5.26 Å². The molecule has 0 saturated heterocycles. The average molecular weight is 219 g/mol. The quantitative estimate of drug-likeness (QED) is 0.779. The van der Waals surface area contributed by atoms with E-state index < -0.39 is 0 Å². The van der Waals surface area contributed by atoms with Crippen molar-refractivity contribution in [3.63, 3.8) is 0 Å². The van der Waals surface area contributed by atoms with E-state index in [9.17, 15) is 0 Å². The highest BCUT2D eigenvalue weighted by Crippen LogP contribution is 2.26. The van der Waals surface area contributed by atoms with Crippen molar-refractivity contribution in [1.82, 2.24) is 4.98 Å². The molecule has 0 N–H and O–H groups in total. The first-order valence-electron chi connectivity index (χ1n) is 4.35. The molecule has 2 aromatic rings. The van der Waals surface area contributed by atoms with E-state index in [-0.39, 0.29) is 6.61 Å². The molecular weight excluding hydrogens is 212 g/mol. The van der Waals surface area contributed by atoms with Gasteiger partial charge in [-0.1, -0.05) is 11.6 Å². The highest BCUT2D eigenvalue weighted by molar-refractivity contribution is 6.31. The largest absolute Gasteiger partial charge is 0.478 e. The van der Waals surface area contributed by atoms with Gasteiger partial charge in [0.1, 0.15) is 11.8 Å². The number of nitrogens with zero attached hydrogens (tertiary/aromatic N) is 2. The van der Waals surface area contributed by atoms with Gasteiger partial charge in [-0.15, -0.1) is 0 Å². The summed E-state index contributed by atoms with van der Waals surface area (Å²) in [7, 11) is 0. The van der Waals surface area contributed by atoms with Gasteiger partial charge in [0.05, 0.1) is 5.52 Å². The molecule has 15 heavy (non-hydrogen) atoms. The molecule has 0 spiro atoms. The molecule has 0 radical (unpaired) electrons. The standard InChI is InChI=1S/C11H7ClN2O/c12-8-1-2-10-9(7-8)11(3-5-14-10)15-6-4-13/h1-3,5,7H,6H2. The van der Waals surface area contributed by atoms with Crippen molar-refractivity contribution < 1.29 is 4.74 Å². The summed E-state index contributed by atoms with van der Waals surface area (Å²) in [6.45, 7) is 0.0195. The summed E-state index contributed by atoms with van der Waals surface area (Å²) in [5.41, 5.74) is 0.801. The third-order valence-corrected chi connectivity index (χ3v) is 2.19. The lowest BCUT2D eigenvalue weighted by atomic mass is 10.2. The van der Waals surface area contributed by atoms with Crippen LogP contribution >= 0.6 is 11.6 Å². The molecule has 1 aromatic carbocycles. The van der Waals surface area contributed by atoms with Crippen LogP contribution in [0.4, 0.5) is 0 Å². The molecule has 0 unspecified atom stereocenters. The fourth-order valence-electron chi connectivity index (χ4n) is 1.33. The van der Waals surface area contributed by atoms with E-state index in [0.29, 0.717) is 10.8 Å². The minimum absolute atomic E-state index is 0.0195. The van der Waals surface area contributed by atoms with Crippen molar-refractivity contribution in [3.8, 4) is 11.8 Å². The number of ether oxygens (including phenoxy) is 1. The Labute approximate surface area is 91.9 Å². The Kier molecular flexibility index (Phi) is 2.70. The predicted molar refractivity (Wildman–Crippen MR) is 57.9 cm³/mol. The molecule has 1 heterocycles. The molecule has 0 aliphatic heterocycles. The van der Waals surface area contributed by atoms with Crippen LogP contribution in [0.2, 0.25) is 5.02 Å². The van der Waals surface area contributed by atoms with E-state index in [2.05, 4.69) is 4.98 Å². The van der Waals surface area contributed by atoms with Gasteiger partial charge >= 0.3 is 0 Å². The minimum Gasteiger partial charge on any atom is -0.478 e. The van der Waals surface area contributed by atoms with Crippen molar-refractivity contribution >= 4 is 22.5 Å². The molecule has 2 rings (SSSR count). The van der Waals surface area contributed by atoms with Crippen molar-refractivity contribution in [2.45, 2.75) is 0 Å². The lowest BCUT2D eigenvalue weighted by Gasteiger charge is -2.05. The van der Waals surface area contributed by atoms with Crippen LogP contribution in [0.25, 0.3) is 10.9 Å². The smallest absolute Gasteiger partial charge is 0.174 e. The molecule has 0 bridgehead atoms. The predicted octanol–water partition coefficient (Wildman–Crippen LogP) is 2.79. The molecule has 0 amide bonds. The summed E-state index contributed by atoms with van der Waals surface area (Å²) < 4.78 is 5.26. The van der Waals surface area contributed by atoms with Crippen LogP contribution in [0.1, 0.15) is 0 Å².